The maximum Gasteiger partial charge on any atom is 0.197 e. The minimum absolute atomic E-state index is 0.00861. The van der Waals surface area contributed by atoms with Gasteiger partial charge in [-0.25, -0.2) is 0 Å². The number of ketones is 1. The molecule has 0 saturated carbocycles. The van der Waals surface area contributed by atoms with E-state index in [1.807, 2.05) is 0 Å². The van der Waals surface area contributed by atoms with Gasteiger partial charge in [0.25, 0.3) is 0 Å². The monoisotopic (exact) mass is 554 g/mol. The molecule has 0 aliphatic carbocycles. The van der Waals surface area contributed by atoms with Crippen molar-refractivity contribution in [2.45, 2.75) is 12.5 Å². The maximum atomic E-state index is 13.1. The summed E-state index contributed by atoms with van der Waals surface area (Å²) in [5.41, 5.74) is 0.105. The Morgan fingerprint density at radius 1 is 0.780 bits per heavy atom. The van der Waals surface area contributed by atoms with Crippen LogP contribution < -0.4 is 14.9 Å². The highest BCUT2D eigenvalue weighted by molar-refractivity contribution is 6.03. The summed E-state index contributed by atoms with van der Waals surface area (Å²) in [4.78, 5) is 26.0. The van der Waals surface area contributed by atoms with Crippen LogP contribution >= 0.6 is 0 Å². The Hall–Kier alpha value is -5.64. The third-order valence-corrected chi connectivity index (χ3v) is 6.98. The molecule has 0 radical (unpaired) electrons. The van der Waals surface area contributed by atoms with E-state index in [1.165, 1.54) is 61.7 Å². The summed E-state index contributed by atoms with van der Waals surface area (Å²) in [6, 6.07) is 15.2. The minimum Gasteiger partial charge on any atom is -0.508 e. The first-order valence-corrected chi connectivity index (χ1v) is 12.4. The van der Waals surface area contributed by atoms with Gasteiger partial charge in [-0.2, -0.15) is 0 Å². The molecule has 0 fully saturated rings. The molecule has 0 amide bonds. The van der Waals surface area contributed by atoms with E-state index < -0.39 is 23.0 Å². The predicted molar refractivity (Wildman–Crippen MR) is 147 cm³/mol. The summed E-state index contributed by atoms with van der Waals surface area (Å²) >= 11 is 0. The lowest BCUT2D eigenvalue weighted by molar-refractivity contribution is 0.0844. The van der Waals surface area contributed by atoms with E-state index in [0.717, 1.165) is 6.07 Å². The number of hydrogen-bond acceptors (Lipinski definition) is 10. The van der Waals surface area contributed by atoms with E-state index in [4.69, 9.17) is 13.9 Å². The van der Waals surface area contributed by atoms with E-state index in [2.05, 4.69) is 0 Å². The number of phenols is 5. The number of phenolic OH excluding ortho intramolecular Hbond substituents is 5. The van der Waals surface area contributed by atoms with Gasteiger partial charge in [0.15, 0.2) is 16.8 Å². The number of fused-ring (bicyclic) bond motifs is 2. The molecule has 5 aromatic rings. The average Bonchev–Trinajstić information content (AvgIpc) is 2.93. The van der Waals surface area contributed by atoms with E-state index in [0.29, 0.717) is 16.9 Å². The van der Waals surface area contributed by atoms with Crippen molar-refractivity contribution in [1.82, 2.24) is 0 Å². The minimum atomic E-state index is -0.828. The molecule has 10 nitrogen and oxygen atoms in total. The lowest BCUT2D eigenvalue weighted by atomic mass is 9.92. The molecule has 1 unspecified atom stereocenters. The van der Waals surface area contributed by atoms with Crippen LogP contribution in [0.25, 0.3) is 33.4 Å². The zero-order valence-electron chi connectivity index (χ0n) is 21.4. The van der Waals surface area contributed by atoms with Crippen LogP contribution in [0.3, 0.4) is 0 Å². The third-order valence-electron chi connectivity index (χ3n) is 6.98. The fourth-order valence-corrected chi connectivity index (χ4v) is 5.00. The molecule has 2 heterocycles. The van der Waals surface area contributed by atoms with Crippen LogP contribution in [0.15, 0.2) is 75.9 Å². The summed E-state index contributed by atoms with van der Waals surface area (Å²) in [7, 11) is 1.41. The molecule has 206 valence electrons. The lowest BCUT2D eigenvalue weighted by Crippen LogP contribution is -2.20. The smallest absolute Gasteiger partial charge is 0.197 e. The Balaban J connectivity index is 1.51. The first kappa shape index (κ1) is 25.6. The van der Waals surface area contributed by atoms with Gasteiger partial charge in [0.05, 0.1) is 19.1 Å². The Kier molecular flexibility index (Phi) is 5.95. The molecule has 5 N–H and O–H groups in total. The van der Waals surface area contributed by atoms with E-state index >= 15 is 0 Å². The number of methoxy groups -OCH3 is 1. The number of aromatic hydroxyl groups is 5. The molecule has 41 heavy (non-hydrogen) atoms. The molecule has 0 saturated heterocycles. The van der Waals surface area contributed by atoms with Crippen LogP contribution in [0.1, 0.15) is 28.4 Å². The SMILES string of the molecule is COc1cc(O)c2c(c1)OC(c1ccc(O)c(-c3c(O)cc(O)c4c(=O)cc(-c5ccc(O)cc5)oc34)c1)CC2=O. The highest BCUT2D eigenvalue weighted by Crippen LogP contribution is 2.47. The summed E-state index contributed by atoms with van der Waals surface area (Å²) in [5, 5.41) is 52.0. The van der Waals surface area contributed by atoms with Crippen LogP contribution in [0.2, 0.25) is 0 Å². The number of Topliss-reactive ketones (excluding diaryl/α,β-unsaturated/α-hetero) is 1. The van der Waals surface area contributed by atoms with Crippen molar-refractivity contribution in [2.24, 2.45) is 0 Å². The summed E-state index contributed by atoms with van der Waals surface area (Å²) < 4.78 is 17.2. The first-order chi connectivity index (χ1) is 19.6. The third kappa shape index (κ3) is 4.31. The topological polar surface area (TPSA) is 167 Å². The second kappa shape index (κ2) is 9.53. The second-order valence-electron chi connectivity index (χ2n) is 9.55. The maximum absolute atomic E-state index is 13.1. The van der Waals surface area contributed by atoms with Gasteiger partial charge in [-0.3, -0.25) is 9.59 Å². The molecule has 4 aromatic carbocycles. The summed E-state index contributed by atoms with van der Waals surface area (Å²) in [6.07, 6.45) is -0.953. The Bertz CT molecular complexity index is 1920. The van der Waals surface area contributed by atoms with Crippen LogP contribution in [0.5, 0.6) is 40.2 Å². The lowest BCUT2D eigenvalue weighted by Gasteiger charge is -2.27. The van der Waals surface area contributed by atoms with Crippen molar-refractivity contribution in [1.29, 1.82) is 0 Å². The van der Waals surface area contributed by atoms with Gasteiger partial charge in [0.2, 0.25) is 0 Å². The molecule has 10 heteroatoms. The molecule has 1 aliphatic rings. The fourth-order valence-electron chi connectivity index (χ4n) is 5.00. The number of hydrogen-bond donors (Lipinski definition) is 5. The largest absolute Gasteiger partial charge is 0.508 e. The van der Waals surface area contributed by atoms with Crippen molar-refractivity contribution in [2.75, 3.05) is 7.11 Å². The quantitative estimate of drug-likeness (QED) is 0.195. The molecule has 6 rings (SSSR count). The van der Waals surface area contributed by atoms with Crippen molar-refractivity contribution in [3.05, 3.63) is 88.1 Å². The van der Waals surface area contributed by atoms with Crippen LogP contribution in [0, 0.1) is 0 Å². The Morgan fingerprint density at radius 3 is 2.24 bits per heavy atom. The van der Waals surface area contributed by atoms with Gasteiger partial charge in [-0.05, 0) is 42.0 Å². The first-order valence-electron chi connectivity index (χ1n) is 12.4. The molecule has 1 aromatic heterocycles. The molecule has 0 spiro atoms. The Morgan fingerprint density at radius 2 is 1.51 bits per heavy atom. The zero-order chi connectivity index (χ0) is 29.0. The number of benzene rings is 4. The molecule has 0 bridgehead atoms. The molecular weight excluding hydrogens is 532 g/mol. The zero-order valence-corrected chi connectivity index (χ0v) is 21.4. The Labute approximate surface area is 231 Å². The number of carbonyl (C=O) groups excluding carboxylic acids is 1. The van der Waals surface area contributed by atoms with Crippen molar-refractivity contribution >= 4 is 16.8 Å². The number of carbonyl (C=O) groups is 1. The van der Waals surface area contributed by atoms with Crippen molar-refractivity contribution in [3.63, 3.8) is 0 Å². The number of rotatable bonds is 4. The van der Waals surface area contributed by atoms with Gasteiger partial charge in [0.1, 0.15) is 63.1 Å². The second-order valence-corrected chi connectivity index (χ2v) is 9.55. The van der Waals surface area contributed by atoms with Crippen LogP contribution in [0.4, 0.5) is 0 Å². The number of ether oxygens (including phenoxy) is 2. The predicted octanol–water partition coefficient (Wildman–Crippen LogP) is 5.37. The molecule has 1 atom stereocenters. The van der Waals surface area contributed by atoms with E-state index in [9.17, 15) is 35.1 Å². The molecular formula is C31H22O10. The van der Waals surface area contributed by atoms with Crippen LogP contribution in [-0.2, 0) is 0 Å². The van der Waals surface area contributed by atoms with Gasteiger partial charge < -0.3 is 39.4 Å². The highest BCUT2D eigenvalue weighted by Gasteiger charge is 2.32. The van der Waals surface area contributed by atoms with Crippen molar-refractivity contribution < 1.29 is 44.2 Å². The van der Waals surface area contributed by atoms with E-state index in [1.54, 1.807) is 6.07 Å². The summed E-state index contributed by atoms with van der Waals surface area (Å²) in [6.45, 7) is 0. The fraction of sp³-hybridized carbons (Fsp3) is 0.0968. The van der Waals surface area contributed by atoms with E-state index in [-0.39, 0.29) is 68.6 Å². The van der Waals surface area contributed by atoms with Crippen molar-refractivity contribution in [3.8, 4) is 62.7 Å². The summed E-state index contributed by atoms with van der Waals surface area (Å²) in [5.74, 6) is -1.40. The van der Waals surface area contributed by atoms with Gasteiger partial charge in [0, 0.05) is 35.4 Å². The normalized spacial score (nSPS) is 14.5. The van der Waals surface area contributed by atoms with Gasteiger partial charge in [-0.1, -0.05) is 6.07 Å². The molecule has 1 aliphatic heterocycles. The van der Waals surface area contributed by atoms with Gasteiger partial charge >= 0.3 is 0 Å². The highest BCUT2D eigenvalue weighted by atomic mass is 16.5. The average molecular weight is 555 g/mol. The van der Waals surface area contributed by atoms with Crippen LogP contribution in [-0.4, -0.2) is 38.4 Å². The standard InChI is InChI=1S/C31H22O10/c1-39-17-9-20(34)29-23(37)12-26(40-27(29)10-17)15-4-7-19(33)18(8-15)28-21(35)11-22(36)30-24(38)13-25(41-31(28)30)14-2-5-16(32)6-3-14/h2-11,13,26,32-36H,12H2,1H3. The van der Waals surface area contributed by atoms with Gasteiger partial charge in [-0.15, -0.1) is 0 Å².